The number of piperazine rings is 1. The molecule has 1 unspecified atom stereocenters. The highest BCUT2D eigenvalue weighted by atomic mass is 32.2. The summed E-state index contributed by atoms with van der Waals surface area (Å²) in [5.74, 6) is 0.937. The zero-order chi connectivity index (χ0) is 34.5. The lowest BCUT2D eigenvalue weighted by atomic mass is 10.0. The topological polar surface area (TPSA) is 167 Å². The maximum Gasteiger partial charge on any atom is 0.410 e. The first-order valence-corrected chi connectivity index (χ1v) is 18.4. The number of amidine groups is 1. The number of nitrogens with zero attached hydrogens (tertiary/aromatic N) is 5. The summed E-state index contributed by atoms with van der Waals surface area (Å²) in [5, 5.41) is 21.3. The van der Waals surface area contributed by atoms with Crippen LogP contribution >= 0.6 is 34.9 Å². The number of aromatic nitrogens is 2. The van der Waals surface area contributed by atoms with E-state index in [-0.39, 0.29) is 29.5 Å². The van der Waals surface area contributed by atoms with Gasteiger partial charge in [0.1, 0.15) is 16.7 Å². The average molecular weight is 711 g/mol. The van der Waals surface area contributed by atoms with E-state index in [1.54, 1.807) is 16.7 Å². The van der Waals surface area contributed by atoms with Gasteiger partial charge < -0.3 is 15.4 Å². The van der Waals surface area contributed by atoms with Crippen LogP contribution in [0, 0.1) is 5.41 Å². The Kier molecular flexibility index (Phi) is 14.0. The third-order valence-electron chi connectivity index (χ3n) is 6.99. The molecule has 3 amide bonds. The van der Waals surface area contributed by atoms with Crippen molar-refractivity contribution in [1.29, 1.82) is 5.41 Å². The van der Waals surface area contributed by atoms with Gasteiger partial charge in [-0.1, -0.05) is 72.0 Å². The zero-order valence-corrected chi connectivity index (χ0v) is 29.8. The Morgan fingerprint density at radius 2 is 1.69 bits per heavy atom. The molecule has 1 aliphatic rings. The molecule has 0 radical (unpaired) electrons. The molecule has 1 saturated heterocycles. The Balaban J connectivity index is 1.20. The Hall–Kier alpha value is -3.79. The Morgan fingerprint density at radius 3 is 2.35 bits per heavy atom. The van der Waals surface area contributed by atoms with E-state index < -0.39 is 11.6 Å². The fraction of sp³-hybridized carbons (Fsp3) is 0.424. The van der Waals surface area contributed by atoms with Gasteiger partial charge in [0.15, 0.2) is 5.17 Å². The lowest BCUT2D eigenvalue weighted by Crippen LogP contribution is -2.52. The monoisotopic (exact) mass is 710 g/mol. The number of rotatable bonds is 12. The number of carbonyl (C=O) groups excluding carboxylic acids is 3. The number of benzene rings is 2. The molecule has 4 N–H and O–H groups in total. The highest BCUT2D eigenvalue weighted by Gasteiger charge is 2.33. The summed E-state index contributed by atoms with van der Waals surface area (Å²) in [5.41, 5.74) is 7.03. The zero-order valence-electron chi connectivity index (χ0n) is 27.4. The van der Waals surface area contributed by atoms with E-state index >= 15 is 0 Å². The molecule has 0 saturated carbocycles. The van der Waals surface area contributed by atoms with Crippen LogP contribution in [0.3, 0.4) is 0 Å². The highest BCUT2D eigenvalue weighted by Crippen LogP contribution is 2.26. The lowest BCUT2D eigenvalue weighted by molar-refractivity contribution is -0.122. The van der Waals surface area contributed by atoms with Gasteiger partial charge in [-0.25, -0.2) is 4.79 Å². The first-order chi connectivity index (χ1) is 23.0. The number of hydrogen-bond acceptors (Lipinski definition) is 11. The summed E-state index contributed by atoms with van der Waals surface area (Å²) < 4.78 is 5.52. The summed E-state index contributed by atoms with van der Waals surface area (Å²) in [6.45, 7) is 7.49. The Bertz CT molecular complexity index is 1560. The molecule has 1 fully saturated rings. The normalized spacial score (nSPS) is 14.7. The predicted octanol–water partition coefficient (Wildman–Crippen LogP) is 5.23. The maximum absolute atomic E-state index is 13.6. The molecule has 12 nitrogen and oxygen atoms in total. The van der Waals surface area contributed by atoms with E-state index in [1.165, 1.54) is 11.3 Å². The lowest BCUT2D eigenvalue weighted by Gasteiger charge is -2.39. The minimum atomic E-state index is -0.569. The average Bonchev–Trinajstić information content (AvgIpc) is 3.48. The van der Waals surface area contributed by atoms with Crippen molar-refractivity contribution in [2.24, 2.45) is 10.7 Å². The number of aliphatic imine (C=N–C) groups is 1. The van der Waals surface area contributed by atoms with Gasteiger partial charge in [-0.05, 0) is 55.2 Å². The van der Waals surface area contributed by atoms with E-state index in [0.29, 0.717) is 54.9 Å². The van der Waals surface area contributed by atoms with E-state index in [0.717, 1.165) is 33.6 Å². The SMILES string of the molecule is CC(C)(C)OC(=O)N1CCN(C(C(=O)Nc2nnc(CCSCCC(=N)SC(N)=NC(=O)Cc3ccccc3)s2)c2ccccc2)CC1. The number of thioether (sulfide) groups is 2. The second kappa shape index (κ2) is 18.1. The molecule has 0 spiro atoms. The minimum Gasteiger partial charge on any atom is -0.444 e. The van der Waals surface area contributed by atoms with E-state index in [1.807, 2.05) is 81.4 Å². The Labute approximate surface area is 293 Å². The van der Waals surface area contributed by atoms with Crippen molar-refractivity contribution in [2.75, 3.05) is 43.0 Å². The molecule has 4 rings (SSSR count). The number of hydrogen-bond donors (Lipinski definition) is 3. The predicted molar refractivity (Wildman–Crippen MR) is 195 cm³/mol. The molecule has 48 heavy (non-hydrogen) atoms. The molecule has 256 valence electrons. The second-order valence-corrected chi connectivity index (χ2v) is 15.4. The smallest absolute Gasteiger partial charge is 0.410 e. The van der Waals surface area contributed by atoms with Crippen LogP contribution in [0.1, 0.15) is 49.4 Å². The number of nitrogens with two attached hydrogens (primary N) is 1. The summed E-state index contributed by atoms with van der Waals surface area (Å²) >= 11 is 4.02. The number of nitrogens with one attached hydrogen (secondary N) is 2. The third kappa shape index (κ3) is 12.3. The van der Waals surface area contributed by atoms with Crippen LogP contribution < -0.4 is 11.1 Å². The third-order valence-corrected chi connectivity index (χ3v) is 9.62. The number of amides is 3. The van der Waals surface area contributed by atoms with Crippen molar-refractivity contribution in [2.45, 2.75) is 51.7 Å². The molecule has 2 aromatic carbocycles. The van der Waals surface area contributed by atoms with Crippen molar-refractivity contribution in [1.82, 2.24) is 20.0 Å². The summed E-state index contributed by atoms with van der Waals surface area (Å²) in [7, 11) is 0. The van der Waals surface area contributed by atoms with E-state index in [9.17, 15) is 14.4 Å². The number of aryl methyl sites for hydroxylation is 1. The van der Waals surface area contributed by atoms with Gasteiger partial charge in [0, 0.05) is 39.0 Å². The quantitative estimate of drug-likeness (QED) is 0.129. The van der Waals surface area contributed by atoms with Gasteiger partial charge in [-0.15, -0.1) is 10.2 Å². The van der Waals surface area contributed by atoms with Crippen molar-refractivity contribution in [3.8, 4) is 0 Å². The standard InChI is InChI=1S/C33H42N8O4S3/c1-33(2,3)45-32(44)41-18-16-40(17-19-41)28(24-12-8-5-9-13-24)29(43)37-31-39-38-27(48-31)15-21-46-20-14-25(34)47-30(35)36-26(42)22-23-10-6-4-7-11-23/h4-13,28,34H,14-22H2,1-3H3,(H2,35,36,42)(H,37,39,43). The van der Waals surface area contributed by atoms with E-state index in [4.69, 9.17) is 15.9 Å². The molecule has 1 aliphatic heterocycles. The van der Waals surface area contributed by atoms with Crippen LogP contribution in [-0.4, -0.2) is 91.4 Å². The molecule has 0 aliphatic carbocycles. The molecule has 2 heterocycles. The van der Waals surface area contributed by atoms with Gasteiger partial charge in [0.05, 0.1) is 11.5 Å². The van der Waals surface area contributed by atoms with Crippen molar-refractivity contribution >= 4 is 68.1 Å². The second-order valence-electron chi connectivity index (χ2n) is 12.0. The maximum atomic E-state index is 13.6. The summed E-state index contributed by atoms with van der Waals surface area (Å²) in [4.78, 5) is 46.0. The van der Waals surface area contributed by atoms with Crippen LogP contribution in [0.25, 0.3) is 0 Å². The van der Waals surface area contributed by atoms with Crippen molar-refractivity contribution < 1.29 is 19.1 Å². The molecule has 0 bridgehead atoms. The van der Waals surface area contributed by atoms with Crippen LogP contribution in [0.4, 0.5) is 9.93 Å². The largest absolute Gasteiger partial charge is 0.444 e. The van der Waals surface area contributed by atoms with Crippen molar-refractivity contribution in [3.05, 3.63) is 76.8 Å². The van der Waals surface area contributed by atoms with Crippen molar-refractivity contribution in [3.63, 3.8) is 0 Å². The number of carbonyl (C=O) groups is 3. The minimum absolute atomic E-state index is 0.0759. The molecule has 1 aromatic heterocycles. The molecular weight excluding hydrogens is 669 g/mol. The first-order valence-electron chi connectivity index (χ1n) is 15.6. The molecular formula is C33H42N8O4S3. The summed E-state index contributed by atoms with van der Waals surface area (Å²) in [6.07, 6.45) is 1.000. The fourth-order valence-corrected chi connectivity index (χ4v) is 7.29. The van der Waals surface area contributed by atoms with Crippen LogP contribution in [0.5, 0.6) is 0 Å². The summed E-state index contributed by atoms with van der Waals surface area (Å²) in [6, 6.07) is 18.4. The molecule has 15 heteroatoms. The van der Waals surface area contributed by atoms with Gasteiger partial charge in [-0.3, -0.25) is 25.2 Å². The van der Waals surface area contributed by atoms with Gasteiger partial charge in [0.2, 0.25) is 11.0 Å². The Morgan fingerprint density at radius 1 is 1.02 bits per heavy atom. The van der Waals surface area contributed by atoms with Gasteiger partial charge in [-0.2, -0.15) is 16.8 Å². The number of ether oxygens (including phenoxy) is 1. The number of anilines is 1. The van der Waals surface area contributed by atoms with Crippen LogP contribution in [0.2, 0.25) is 0 Å². The molecule has 3 aromatic rings. The van der Waals surface area contributed by atoms with E-state index in [2.05, 4.69) is 25.4 Å². The van der Waals surface area contributed by atoms with Crippen LogP contribution in [-0.2, 0) is 27.2 Å². The highest BCUT2D eigenvalue weighted by molar-refractivity contribution is 8.26. The first kappa shape index (κ1) is 37.0. The van der Waals surface area contributed by atoms with Crippen LogP contribution in [0.15, 0.2) is 65.7 Å². The molecule has 1 atom stereocenters. The van der Waals surface area contributed by atoms with Gasteiger partial charge >= 0.3 is 6.09 Å². The fourth-order valence-electron chi connectivity index (χ4n) is 4.79. The van der Waals surface area contributed by atoms with Gasteiger partial charge in [0.25, 0.3) is 5.91 Å².